The Morgan fingerprint density at radius 3 is 2.53 bits per heavy atom. The highest BCUT2D eigenvalue weighted by atomic mass is 16.5. The van der Waals surface area contributed by atoms with E-state index in [-0.39, 0.29) is 18.1 Å². The number of aromatic nitrogens is 2. The van der Waals surface area contributed by atoms with Gasteiger partial charge in [-0.05, 0) is 50.6 Å². The van der Waals surface area contributed by atoms with E-state index in [4.69, 9.17) is 9.26 Å². The summed E-state index contributed by atoms with van der Waals surface area (Å²) in [6, 6.07) is 15.9. The standard InChI is InChI=1S/C23H21N3O4/c1-14-4-7-17(8-5-14)23(28)25-19-10-15(2)6-9-20(19)29-13-18-12-22(27)26-21(24-18)11-16(3)30-26/h4-12H,13H2,1-3H3,(H,25,28). The zero-order valence-electron chi connectivity index (χ0n) is 16.9. The summed E-state index contributed by atoms with van der Waals surface area (Å²) in [6.07, 6.45) is 0. The molecule has 0 fully saturated rings. The van der Waals surface area contributed by atoms with Gasteiger partial charge in [0.25, 0.3) is 11.5 Å². The molecule has 0 saturated heterocycles. The first-order chi connectivity index (χ1) is 14.4. The van der Waals surface area contributed by atoms with Crippen molar-refractivity contribution in [1.29, 1.82) is 0 Å². The molecule has 0 bridgehead atoms. The highest BCUT2D eigenvalue weighted by molar-refractivity contribution is 6.05. The van der Waals surface area contributed by atoms with Crippen LogP contribution >= 0.6 is 0 Å². The van der Waals surface area contributed by atoms with Gasteiger partial charge in [-0.2, -0.15) is 0 Å². The summed E-state index contributed by atoms with van der Waals surface area (Å²) in [5, 5.41) is 2.90. The van der Waals surface area contributed by atoms with Crippen LogP contribution in [0.5, 0.6) is 5.75 Å². The van der Waals surface area contributed by atoms with Gasteiger partial charge in [0, 0.05) is 17.7 Å². The summed E-state index contributed by atoms with van der Waals surface area (Å²) >= 11 is 0. The molecule has 2 heterocycles. The van der Waals surface area contributed by atoms with Gasteiger partial charge in [-0.3, -0.25) is 9.59 Å². The highest BCUT2D eigenvalue weighted by Gasteiger charge is 2.12. The maximum absolute atomic E-state index is 12.6. The zero-order valence-corrected chi connectivity index (χ0v) is 16.9. The molecular formula is C23H21N3O4. The third-order valence-corrected chi connectivity index (χ3v) is 4.60. The molecule has 152 valence electrons. The van der Waals surface area contributed by atoms with Crippen molar-refractivity contribution in [3.63, 3.8) is 0 Å². The predicted octanol–water partition coefficient (Wildman–Crippen LogP) is 4.04. The molecule has 0 aliphatic rings. The van der Waals surface area contributed by atoms with E-state index in [1.165, 1.54) is 6.07 Å². The van der Waals surface area contributed by atoms with Crippen molar-refractivity contribution in [3.05, 3.63) is 93.1 Å². The number of ether oxygens (including phenoxy) is 1. The van der Waals surface area contributed by atoms with Crippen LogP contribution in [0.25, 0.3) is 5.65 Å². The number of hydrogen-bond donors (Lipinski definition) is 1. The summed E-state index contributed by atoms with van der Waals surface area (Å²) in [4.78, 5) is 29.2. The maximum Gasteiger partial charge on any atom is 0.287 e. The molecular weight excluding hydrogens is 382 g/mol. The Balaban J connectivity index is 1.55. The number of carbonyl (C=O) groups is 1. The lowest BCUT2D eigenvalue weighted by Gasteiger charge is -2.13. The van der Waals surface area contributed by atoms with Gasteiger partial charge in [-0.15, -0.1) is 4.57 Å². The number of carbonyl (C=O) groups excluding carboxylic acids is 1. The monoisotopic (exact) mass is 403 g/mol. The Hall–Kier alpha value is -3.87. The second-order valence-electron chi connectivity index (χ2n) is 7.19. The van der Waals surface area contributed by atoms with E-state index in [2.05, 4.69) is 10.3 Å². The number of anilines is 1. The number of aryl methyl sites for hydroxylation is 3. The van der Waals surface area contributed by atoms with Gasteiger partial charge in [-0.1, -0.05) is 23.8 Å². The van der Waals surface area contributed by atoms with Crippen molar-refractivity contribution < 1.29 is 14.1 Å². The molecule has 0 unspecified atom stereocenters. The van der Waals surface area contributed by atoms with Crippen LogP contribution in [-0.2, 0) is 6.61 Å². The highest BCUT2D eigenvalue weighted by Crippen LogP contribution is 2.27. The van der Waals surface area contributed by atoms with Gasteiger partial charge in [0.15, 0.2) is 5.65 Å². The Morgan fingerprint density at radius 2 is 1.77 bits per heavy atom. The second-order valence-corrected chi connectivity index (χ2v) is 7.19. The smallest absolute Gasteiger partial charge is 0.287 e. The largest absolute Gasteiger partial charge is 0.485 e. The Labute approximate surface area is 172 Å². The lowest BCUT2D eigenvalue weighted by molar-refractivity contribution is 0.102. The van der Waals surface area contributed by atoms with E-state index >= 15 is 0 Å². The summed E-state index contributed by atoms with van der Waals surface area (Å²) in [7, 11) is 0. The molecule has 2 aromatic heterocycles. The molecule has 7 heteroatoms. The van der Waals surface area contributed by atoms with Gasteiger partial charge in [0.1, 0.15) is 18.1 Å². The van der Waals surface area contributed by atoms with Crippen molar-refractivity contribution >= 4 is 17.2 Å². The normalized spacial score (nSPS) is 10.9. The van der Waals surface area contributed by atoms with Gasteiger partial charge < -0.3 is 14.6 Å². The van der Waals surface area contributed by atoms with Crippen molar-refractivity contribution in [3.8, 4) is 5.75 Å². The number of nitrogens with one attached hydrogen (secondary N) is 1. The molecule has 0 spiro atoms. The first kappa shape index (κ1) is 19.4. The average Bonchev–Trinajstić information content (AvgIpc) is 3.09. The van der Waals surface area contributed by atoms with E-state index in [1.807, 2.05) is 38.1 Å². The number of hydrogen-bond acceptors (Lipinski definition) is 5. The van der Waals surface area contributed by atoms with Gasteiger partial charge in [0.2, 0.25) is 0 Å². The Kier molecular flexibility index (Phi) is 5.10. The third kappa shape index (κ3) is 4.10. The van der Waals surface area contributed by atoms with Crippen LogP contribution in [0.15, 0.2) is 63.9 Å². The van der Waals surface area contributed by atoms with Crippen LogP contribution in [-0.4, -0.2) is 15.5 Å². The van der Waals surface area contributed by atoms with E-state index in [0.717, 1.165) is 15.7 Å². The summed E-state index contributed by atoms with van der Waals surface area (Å²) in [5.41, 5.74) is 3.75. The minimum Gasteiger partial charge on any atom is -0.485 e. The summed E-state index contributed by atoms with van der Waals surface area (Å²) in [6.45, 7) is 5.73. The predicted molar refractivity (Wildman–Crippen MR) is 113 cm³/mol. The van der Waals surface area contributed by atoms with Crippen LogP contribution in [0.4, 0.5) is 5.69 Å². The fourth-order valence-electron chi connectivity index (χ4n) is 3.07. The SMILES string of the molecule is Cc1ccc(C(=O)Nc2cc(C)ccc2OCc2cc(=O)n3oc(C)cc3n2)cc1. The Morgan fingerprint density at radius 1 is 1.03 bits per heavy atom. The second kappa shape index (κ2) is 7.87. The summed E-state index contributed by atoms with van der Waals surface area (Å²) < 4.78 is 12.3. The van der Waals surface area contributed by atoms with Crippen LogP contribution in [0.3, 0.4) is 0 Å². The van der Waals surface area contributed by atoms with E-state index in [9.17, 15) is 9.59 Å². The van der Waals surface area contributed by atoms with Gasteiger partial charge in [-0.25, -0.2) is 4.98 Å². The number of benzene rings is 2. The molecule has 0 radical (unpaired) electrons. The average molecular weight is 403 g/mol. The minimum absolute atomic E-state index is 0.0758. The van der Waals surface area contributed by atoms with Crippen LogP contribution in [0.2, 0.25) is 0 Å². The fraction of sp³-hybridized carbons (Fsp3) is 0.174. The molecule has 1 N–H and O–H groups in total. The molecule has 0 atom stereocenters. The van der Waals surface area contributed by atoms with Crippen molar-refractivity contribution in [2.45, 2.75) is 27.4 Å². The lowest BCUT2D eigenvalue weighted by atomic mass is 10.1. The number of nitrogens with zero attached hydrogens (tertiary/aromatic N) is 2. The maximum atomic E-state index is 12.6. The first-order valence-electron chi connectivity index (χ1n) is 9.50. The molecule has 1 amide bonds. The van der Waals surface area contributed by atoms with Crippen LogP contribution in [0, 0.1) is 20.8 Å². The molecule has 4 aromatic rings. The fourth-order valence-corrected chi connectivity index (χ4v) is 3.07. The topological polar surface area (TPSA) is 85.8 Å². The number of rotatable bonds is 5. The quantitative estimate of drug-likeness (QED) is 0.543. The van der Waals surface area contributed by atoms with Gasteiger partial charge in [0.05, 0.1) is 11.4 Å². The summed E-state index contributed by atoms with van der Waals surface area (Å²) in [5.74, 6) is 0.862. The number of amides is 1. The molecule has 4 rings (SSSR count). The van der Waals surface area contributed by atoms with Crippen molar-refractivity contribution in [1.82, 2.24) is 9.56 Å². The lowest BCUT2D eigenvalue weighted by Crippen LogP contribution is -2.15. The number of fused-ring (bicyclic) bond motifs is 1. The van der Waals surface area contributed by atoms with Gasteiger partial charge >= 0.3 is 0 Å². The van der Waals surface area contributed by atoms with E-state index in [0.29, 0.717) is 34.1 Å². The first-order valence-corrected chi connectivity index (χ1v) is 9.50. The van der Waals surface area contributed by atoms with Crippen molar-refractivity contribution in [2.75, 3.05) is 5.32 Å². The molecule has 2 aromatic carbocycles. The zero-order chi connectivity index (χ0) is 21.3. The van der Waals surface area contributed by atoms with Crippen LogP contribution in [0.1, 0.15) is 32.9 Å². The Bertz CT molecular complexity index is 1290. The minimum atomic E-state index is -0.316. The molecule has 30 heavy (non-hydrogen) atoms. The van der Waals surface area contributed by atoms with E-state index < -0.39 is 0 Å². The molecule has 7 nitrogen and oxygen atoms in total. The van der Waals surface area contributed by atoms with Crippen molar-refractivity contribution in [2.24, 2.45) is 0 Å². The van der Waals surface area contributed by atoms with E-state index in [1.54, 1.807) is 31.2 Å². The molecule has 0 aliphatic carbocycles. The molecule has 0 aliphatic heterocycles. The third-order valence-electron chi connectivity index (χ3n) is 4.60. The molecule has 0 saturated carbocycles. The van der Waals surface area contributed by atoms with Crippen LogP contribution < -0.4 is 15.6 Å².